The van der Waals surface area contributed by atoms with Gasteiger partial charge in [-0.15, -0.1) is 11.3 Å². The molecule has 2 aromatic heterocycles. The topological polar surface area (TPSA) is 37.8 Å². The second-order valence-corrected chi connectivity index (χ2v) is 4.11. The molecule has 2 rings (SSSR count). The second kappa shape index (κ2) is 3.95. The van der Waals surface area contributed by atoms with Crippen LogP contribution in [0.1, 0.15) is 16.6 Å². The van der Waals surface area contributed by atoms with Gasteiger partial charge >= 0.3 is 0 Å². The zero-order valence-corrected chi connectivity index (χ0v) is 8.73. The maximum absolute atomic E-state index is 4.22. The fraction of sp³-hybridized carbons (Fsp3) is 0.250. The van der Waals surface area contributed by atoms with Crippen molar-refractivity contribution in [2.24, 2.45) is 0 Å². The Balaban J connectivity index is 2.29. The summed E-state index contributed by atoms with van der Waals surface area (Å²) in [7, 11) is 1.93. The highest BCUT2D eigenvalue weighted by atomic mass is 32.1. The van der Waals surface area contributed by atoms with Crippen LogP contribution in [0.25, 0.3) is 0 Å². The van der Waals surface area contributed by atoms with E-state index in [-0.39, 0.29) is 6.04 Å². The normalized spacial score (nSPS) is 13.0. The fourth-order valence-electron chi connectivity index (χ4n) is 1.19. The Morgan fingerprint density at radius 1 is 1.54 bits per heavy atom. The summed E-state index contributed by atoms with van der Waals surface area (Å²) in [5, 5.41) is 5.29. The van der Waals surface area contributed by atoms with E-state index in [1.807, 2.05) is 19.3 Å². The molecule has 13 heavy (non-hydrogen) atoms. The molecule has 0 fully saturated rings. The highest BCUT2D eigenvalue weighted by molar-refractivity contribution is 7.10. The minimum absolute atomic E-state index is 0.193. The van der Waals surface area contributed by atoms with Gasteiger partial charge < -0.3 is 5.32 Å². The van der Waals surface area contributed by atoms with Gasteiger partial charge in [0.25, 0.3) is 0 Å². The molecule has 0 saturated carbocycles. The van der Waals surface area contributed by atoms with Crippen molar-refractivity contribution in [3.05, 3.63) is 34.3 Å². The summed E-state index contributed by atoms with van der Waals surface area (Å²) in [6.45, 7) is 0. The van der Waals surface area contributed by atoms with Crippen LogP contribution in [0.5, 0.6) is 0 Å². The van der Waals surface area contributed by atoms with E-state index in [4.69, 9.17) is 0 Å². The molecule has 0 radical (unpaired) electrons. The van der Waals surface area contributed by atoms with Crippen LogP contribution in [0, 0.1) is 0 Å². The molecule has 2 aromatic rings. The highest BCUT2D eigenvalue weighted by Gasteiger charge is 2.14. The highest BCUT2D eigenvalue weighted by Crippen LogP contribution is 2.24. The molecule has 2 heterocycles. The van der Waals surface area contributed by atoms with E-state index >= 15 is 0 Å². The number of hydrogen-bond donors (Lipinski definition) is 1. The Morgan fingerprint density at radius 3 is 3.00 bits per heavy atom. The van der Waals surface area contributed by atoms with Gasteiger partial charge in [-0.05, 0) is 18.5 Å². The summed E-state index contributed by atoms with van der Waals surface area (Å²) in [6.07, 6.45) is 1.81. The largest absolute Gasteiger partial charge is 0.307 e. The van der Waals surface area contributed by atoms with Gasteiger partial charge in [0.05, 0.1) is 29.7 Å². The van der Waals surface area contributed by atoms with Crippen molar-refractivity contribution in [2.45, 2.75) is 6.04 Å². The quantitative estimate of drug-likeness (QED) is 0.842. The third-order valence-electron chi connectivity index (χ3n) is 1.79. The lowest BCUT2D eigenvalue weighted by atomic mass is 10.2. The van der Waals surface area contributed by atoms with E-state index in [1.54, 1.807) is 11.3 Å². The molecule has 0 amide bonds. The van der Waals surface area contributed by atoms with Crippen molar-refractivity contribution >= 4 is 23.1 Å². The average molecular weight is 211 g/mol. The minimum Gasteiger partial charge on any atom is -0.307 e. The van der Waals surface area contributed by atoms with Crippen LogP contribution in [0.4, 0.5) is 0 Å². The molecule has 0 saturated heterocycles. The maximum Gasteiger partial charge on any atom is 0.0965 e. The fourth-order valence-corrected chi connectivity index (χ4v) is 2.49. The van der Waals surface area contributed by atoms with E-state index in [0.29, 0.717) is 0 Å². The van der Waals surface area contributed by atoms with Gasteiger partial charge in [0.2, 0.25) is 0 Å². The van der Waals surface area contributed by atoms with Crippen molar-refractivity contribution in [1.82, 2.24) is 14.1 Å². The number of thiophene rings is 1. The van der Waals surface area contributed by atoms with Crippen LogP contribution >= 0.6 is 23.1 Å². The van der Waals surface area contributed by atoms with Crippen molar-refractivity contribution in [2.75, 3.05) is 7.05 Å². The molecule has 1 unspecified atom stereocenters. The standard InChI is InChI=1S/C8H9N3S2/c1-9-8(6-5-10-13-11-6)7-3-2-4-12-7/h2-5,8-9H,1H3. The predicted molar refractivity (Wildman–Crippen MR) is 55.1 cm³/mol. The number of rotatable bonds is 3. The van der Waals surface area contributed by atoms with E-state index in [1.165, 1.54) is 16.6 Å². The monoisotopic (exact) mass is 211 g/mol. The van der Waals surface area contributed by atoms with Crippen LogP contribution in [-0.4, -0.2) is 15.8 Å². The summed E-state index contributed by atoms with van der Waals surface area (Å²) < 4.78 is 8.21. The number of nitrogens with one attached hydrogen (secondary N) is 1. The average Bonchev–Trinajstić information content (AvgIpc) is 2.76. The summed E-state index contributed by atoms with van der Waals surface area (Å²) >= 11 is 2.97. The van der Waals surface area contributed by atoms with Crippen molar-refractivity contribution in [1.29, 1.82) is 0 Å². The maximum atomic E-state index is 4.22. The Labute approximate surface area is 84.8 Å². The lowest BCUT2D eigenvalue weighted by Gasteiger charge is -2.10. The van der Waals surface area contributed by atoms with Gasteiger partial charge in [-0.2, -0.15) is 8.75 Å². The molecule has 0 aliphatic heterocycles. The van der Waals surface area contributed by atoms with E-state index in [2.05, 4.69) is 25.5 Å². The van der Waals surface area contributed by atoms with E-state index in [9.17, 15) is 0 Å². The van der Waals surface area contributed by atoms with Crippen molar-refractivity contribution in [3.63, 3.8) is 0 Å². The first kappa shape index (κ1) is 8.80. The summed E-state index contributed by atoms with van der Waals surface area (Å²) in [5.74, 6) is 0. The zero-order chi connectivity index (χ0) is 9.10. The smallest absolute Gasteiger partial charge is 0.0965 e. The molecule has 1 atom stereocenters. The van der Waals surface area contributed by atoms with Crippen LogP contribution < -0.4 is 5.32 Å². The molecule has 0 spiro atoms. The van der Waals surface area contributed by atoms with Crippen LogP contribution in [0.3, 0.4) is 0 Å². The zero-order valence-electron chi connectivity index (χ0n) is 7.10. The Bertz CT molecular complexity index is 307. The molecular formula is C8H9N3S2. The summed E-state index contributed by atoms with van der Waals surface area (Å²) in [4.78, 5) is 1.27. The number of hydrogen-bond acceptors (Lipinski definition) is 5. The third-order valence-corrected chi connectivity index (χ3v) is 3.22. The first-order chi connectivity index (χ1) is 6.42. The predicted octanol–water partition coefficient (Wildman–Crippen LogP) is 1.91. The Hall–Kier alpha value is -0.780. The van der Waals surface area contributed by atoms with Gasteiger partial charge in [0.15, 0.2) is 0 Å². The van der Waals surface area contributed by atoms with Crippen LogP contribution in [0.15, 0.2) is 23.7 Å². The van der Waals surface area contributed by atoms with Gasteiger partial charge in [-0.1, -0.05) is 6.07 Å². The van der Waals surface area contributed by atoms with Gasteiger partial charge in [-0.25, -0.2) is 0 Å². The molecule has 0 bridgehead atoms. The Kier molecular flexibility index (Phi) is 2.68. The second-order valence-electron chi connectivity index (χ2n) is 2.57. The molecule has 0 aromatic carbocycles. The molecule has 3 nitrogen and oxygen atoms in total. The van der Waals surface area contributed by atoms with E-state index < -0.39 is 0 Å². The minimum atomic E-state index is 0.193. The molecule has 68 valence electrons. The lowest BCUT2D eigenvalue weighted by Crippen LogP contribution is -2.16. The molecule has 0 aliphatic carbocycles. The summed E-state index contributed by atoms with van der Waals surface area (Å²) in [5.41, 5.74) is 0.995. The van der Waals surface area contributed by atoms with Crippen molar-refractivity contribution in [3.8, 4) is 0 Å². The Morgan fingerprint density at radius 2 is 2.46 bits per heavy atom. The SMILES string of the molecule is CNC(c1cnsn1)c1cccs1. The molecule has 5 heteroatoms. The number of aromatic nitrogens is 2. The van der Waals surface area contributed by atoms with Gasteiger partial charge in [0, 0.05) is 4.88 Å². The number of nitrogens with zero attached hydrogens (tertiary/aromatic N) is 2. The van der Waals surface area contributed by atoms with Gasteiger partial charge in [0.1, 0.15) is 0 Å². The van der Waals surface area contributed by atoms with Gasteiger partial charge in [-0.3, -0.25) is 0 Å². The lowest BCUT2D eigenvalue weighted by molar-refractivity contribution is 0.689. The van der Waals surface area contributed by atoms with Crippen molar-refractivity contribution < 1.29 is 0 Å². The van der Waals surface area contributed by atoms with Crippen LogP contribution in [0.2, 0.25) is 0 Å². The first-order valence-corrected chi connectivity index (χ1v) is 5.51. The summed E-state index contributed by atoms with van der Waals surface area (Å²) in [6, 6.07) is 4.34. The van der Waals surface area contributed by atoms with E-state index in [0.717, 1.165) is 5.69 Å². The molecular weight excluding hydrogens is 202 g/mol. The third kappa shape index (κ3) is 1.77. The molecule has 0 aliphatic rings. The van der Waals surface area contributed by atoms with Crippen LogP contribution in [-0.2, 0) is 0 Å². The molecule has 1 N–H and O–H groups in total. The first-order valence-electron chi connectivity index (χ1n) is 3.90.